The Kier molecular flexibility index (Phi) is 9.43. The molecule has 1 aliphatic rings. The number of Topliss-reactive ketones (excluding diaryl/α,β-unsaturated/α-hetero) is 2. The number of carbonyl (C=O) groups excluding carboxylic acids is 3. The first-order chi connectivity index (χ1) is 16.4. The van der Waals surface area contributed by atoms with E-state index in [4.69, 9.17) is 11.6 Å². The zero-order valence-corrected chi connectivity index (χ0v) is 20.7. The molecular weight excluding hydrogens is 450 g/mol. The number of rotatable bonds is 11. The minimum absolute atomic E-state index is 0.122. The van der Waals surface area contributed by atoms with E-state index in [2.05, 4.69) is 19.1 Å². The lowest BCUT2D eigenvalue weighted by Crippen LogP contribution is -2.47. The number of aryl methyl sites for hydroxylation is 2. The number of ketones is 2. The summed E-state index contributed by atoms with van der Waals surface area (Å²) in [5.41, 5.74) is 2.54. The number of nitrogens with zero attached hydrogens (tertiary/aromatic N) is 1. The highest BCUT2D eigenvalue weighted by Gasteiger charge is 2.41. The van der Waals surface area contributed by atoms with Gasteiger partial charge >= 0.3 is 0 Å². The summed E-state index contributed by atoms with van der Waals surface area (Å²) in [4.78, 5) is 39.8. The fraction of sp³-hybridized carbons (Fsp3) is 0.464. The first-order valence-corrected chi connectivity index (χ1v) is 12.5. The Morgan fingerprint density at radius 3 is 2.24 bits per heavy atom. The number of likely N-dealkylation sites (tertiary alicyclic amines) is 1. The summed E-state index contributed by atoms with van der Waals surface area (Å²) in [6.45, 7) is 2.42. The molecule has 6 heteroatoms. The maximum absolute atomic E-state index is 13.5. The molecule has 1 heterocycles. The third-order valence-electron chi connectivity index (χ3n) is 7.09. The monoisotopic (exact) mass is 483 g/mol. The summed E-state index contributed by atoms with van der Waals surface area (Å²) >= 11 is 6.27. The number of carbonyl (C=O) groups is 3. The van der Waals surface area contributed by atoms with Crippen molar-refractivity contribution in [2.75, 3.05) is 19.7 Å². The molecule has 0 aliphatic carbocycles. The third kappa shape index (κ3) is 6.77. The topological polar surface area (TPSA) is 74.7 Å². The van der Waals surface area contributed by atoms with E-state index in [1.165, 1.54) is 5.56 Å². The standard InChI is InChI=1S/C28H34ClNO4/c1-2-21-7-9-22(10-8-21)19-24(32)13-14-28(15-17-30(18-16-28)27(34)20-31)26(33)12-11-23-5-3-4-6-25(23)29/h3-10,31H,2,11-20H2,1H3. The second kappa shape index (κ2) is 12.3. The molecular formula is C28H34ClNO4. The molecule has 34 heavy (non-hydrogen) atoms. The number of benzene rings is 2. The van der Waals surface area contributed by atoms with E-state index < -0.39 is 12.0 Å². The van der Waals surface area contributed by atoms with Crippen molar-refractivity contribution < 1.29 is 19.5 Å². The molecule has 0 unspecified atom stereocenters. The lowest BCUT2D eigenvalue weighted by molar-refractivity contribution is -0.142. The number of halogens is 1. The average molecular weight is 484 g/mol. The van der Waals surface area contributed by atoms with Gasteiger partial charge in [-0.1, -0.05) is 61.0 Å². The van der Waals surface area contributed by atoms with Gasteiger partial charge in [0.1, 0.15) is 18.2 Å². The molecule has 1 amide bonds. The van der Waals surface area contributed by atoms with Crippen LogP contribution in [0.25, 0.3) is 0 Å². The fourth-order valence-corrected chi connectivity index (χ4v) is 4.98. The second-order valence-electron chi connectivity index (χ2n) is 9.22. The van der Waals surface area contributed by atoms with Crippen LogP contribution in [0, 0.1) is 5.41 Å². The van der Waals surface area contributed by atoms with E-state index >= 15 is 0 Å². The Bertz CT molecular complexity index is 994. The zero-order chi connectivity index (χ0) is 24.6. The highest BCUT2D eigenvalue weighted by Crippen LogP contribution is 2.39. The molecule has 1 fully saturated rings. The van der Waals surface area contributed by atoms with Crippen LogP contribution < -0.4 is 0 Å². The van der Waals surface area contributed by atoms with E-state index in [1.54, 1.807) is 4.90 Å². The summed E-state index contributed by atoms with van der Waals surface area (Å²) in [6, 6.07) is 15.6. The van der Waals surface area contributed by atoms with E-state index in [0.717, 1.165) is 17.5 Å². The second-order valence-corrected chi connectivity index (χ2v) is 9.63. The van der Waals surface area contributed by atoms with Crippen LogP contribution in [-0.4, -0.2) is 47.2 Å². The van der Waals surface area contributed by atoms with Crippen LogP contribution in [-0.2, 0) is 33.6 Å². The van der Waals surface area contributed by atoms with Gasteiger partial charge < -0.3 is 10.0 Å². The van der Waals surface area contributed by atoms with Crippen molar-refractivity contribution in [3.63, 3.8) is 0 Å². The highest BCUT2D eigenvalue weighted by molar-refractivity contribution is 6.31. The Morgan fingerprint density at radius 1 is 0.971 bits per heavy atom. The summed E-state index contributed by atoms with van der Waals surface area (Å²) in [5, 5.41) is 9.85. The van der Waals surface area contributed by atoms with Gasteiger partial charge in [0.25, 0.3) is 0 Å². The van der Waals surface area contributed by atoms with Crippen LogP contribution in [0.2, 0.25) is 5.02 Å². The Hall–Kier alpha value is -2.50. The van der Waals surface area contributed by atoms with E-state index in [-0.39, 0.29) is 17.5 Å². The molecule has 0 radical (unpaired) electrons. The van der Waals surface area contributed by atoms with Gasteiger partial charge in [-0.15, -0.1) is 0 Å². The number of amides is 1. The average Bonchev–Trinajstić information content (AvgIpc) is 2.87. The van der Waals surface area contributed by atoms with E-state index in [0.29, 0.717) is 63.1 Å². The summed E-state index contributed by atoms with van der Waals surface area (Å²) in [7, 11) is 0. The summed E-state index contributed by atoms with van der Waals surface area (Å²) < 4.78 is 0. The van der Waals surface area contributed by atoms with Crippen molar-refractivity contribution in [1.82, 2.24) is 4.90 Å². The minimum atomic E-state index is -0.630. The lowest BCUT2D eigenvalue weighted by atomic mass is 9.69. The van der Waals surface area contributed by atoms with Crippen molar-refractivity contribution in [3.8, 4) is 0 Å². The van der Waals surface area contributed by atoms with Crippen LogP contribution in [0.4, 0.5) is 0 Å². The quantitative estimate of drug-likeness (QED) is 0.507. The summed E-state index contributed by atoms with van der Waals surface area (Å²) in [5.74, 6) is -0.0660. The molecule has 0 saturated carbocycles. The van der Waals surface area contributed by atoms with Crippen molar-refractivity contribution in [2.45, 2.75) is 58.3 Å². The molecule has 1 N–H and O–H groups in total. The molecule has 1 saturated heterocycles. The van der Waals surface area contributed by atoms with Crippen molar-refractivity contribution in [3.05, 3.63) is 70.2 Å². The lowest BCUT2D eigenvalue weighted by Gasteiger charge is -2.41. The first-order valence-electron chi connectivity index (χ1n) is 12.1. The van der Waals surface area contributed by atoms with Crippen molar-refractivity contribution in [1.29, 1.82) is 0 Å². The molecule has 1 aliphatic heterocycles. The smallest absolute Gasteiger partial charge is 0.248 e. The Labute approximate surface area is 207 Å². The zero-order valence-electron chi connectivity index (χ0n) is 19.9. The number of aliphatic hydroxyl groups excluding tert-OH is 1. The molecule has 3 rings (SSSR count). The van der Waals surface area contributed by atoms with E-state index in [9.17, 15) is 19.5 Å². The van der Waals surface area contributed by atoms with Gasteiger partial charge in [0.05, 0.1) is 0 Å². The molecule has 0 bridgehead atoms. The van der Waals surface area contributed by atoms with Gasteiger partial charge in [0.2, 0.25) is 5.91 Å². The Morgan fingerprint density at radius 2 is 1.62 bits per heavy atom. The van der Waals surface area contributed by atoms with Gasteiger partial charge in [-0.05, 0) is 54.9 Å². The van der Waals surface area contributed by atoms with Crippen molar-refractivity contribution in [2.24, 2.45) is 5.41 Å². The van der Waals surface area contributed by atoms with Crippen LogP contribution in [0.3, 0.4) is 0 Å². The molecule has 0 aromatic heterocycles. The van der Waals surface area contributed by atoms with Crippen LogP contribution in [0.1, 0.15) is 55.7 Å². The number of aliphatic hydroxyl groups is 1. The van der Waals surface area contributed by atoms with Gasteiger partial charge in [-0.2, -0.15) is 0 Å². The largest absolute Gasteiger partial charge is 0.387 e. The normalized spacial score (nSPS) is 15.2. The van der Waals surface area contributed by atoms with Gasteiger partial charge in [0, 0.05) is 42.8 Å². The van der Waals surface area contributed by atoms with Crippen LogP contribution >= 0.6 is 11.6 Å². The van der Waals surface area contributed by atoms with Crippen LogP contribution in [0.5, 0.6) is 0 Å². The van der Waals surface area contributed by atoms with Gasteiger partial charge in [0.15, 0.2) is 0 Å². The fourth-order valence-electron chi connectivity index (χ4n) is 4.75. The predicted molar refractivity (Wildman–Crippen MR) is 134 cm³/mol. The molecule has 182 valence electrons. The van der Waals surface area contributed by atoms with Crippen LogP contribution in [0.15, 0.2) is 48.5 Å². The molecule has 5 nitrogen and oxygen atoms in total. The number of piperidine rings is 1. The molecule has 2 aromatic rings. The predicted octanol–water partition coefficient (Wildman–Crippen LogP) is 4.60. The first kappa shape index (κ1) is 26.1. The highest BCUT2D eigenvalue weighted by atomic mass is 35.5. The van der Waals surface area contributed by atoms with Crippen molar-refractivity contribution >= 4 is 29.1 Å². The number of hydrogen-bond donors (Lipinski definition) is 1. The molecule has 0 atom stereocenters. The SMILES string of the molecule is CCc1ccc(CC(=O)CCC2(C(=O)CCc3ccccc3Cl)CCN(C(=O)CO)CC2)cc1. The third-order valence-corrected chi connectivity index (χ3v) is 7.46. The molecule has 2 aromatic carbocycles. The van der Waals surface area contributed by atoms with Gasteiger partial charge in [-0.3, -0.25) is 14.4 Å². The van der Waals surface area contributed by atoms with Gasteiger partial charge in [-0.25, -0.2) is 0 Å². The summed E-state index contributed by atoms with van der Waals surface area (Å²) in [6.07, 6.45) is 4.08. The number of hydrogen-bond acceptors (Lipinski definition) is 4. The van der Waals surface area contributed by atoms with E-state index in [1.807, 2.05) is 36.4 Å². The maximum atomic E-state index is 13.5. The maximum Gasteiger partial charge on any atom is 0.248 e. The minimum Gasteiger partial charge on any atom is -0.387 e. The Balaban J connectivity index is 1.66. The molecule has 0 spiro atoms.